The van der Waals surface area contributed by atoms with Crippen LogP contribution in [0.3, 0.4) is 0 Å². The molecule has 1 aromatic heterocycles. The molecule has 5 heteroatoms. The van der Waals surface area contributed by atoms with Crippen molar-refractivity contribution in [2.75, 3.05) is 5.32 Å². The normalized spacial score (nSPS) is 12.1. The number of nitrogens with one attached hydrogen (secondary N) is 1. The molecule has 0 aliphatic carbocycles. The molecule has 2 rings (SSSR count). The summed E-state index contributed by atoms with van der Waals surface area (Å²) in [7, 11) is 1.78. The first kappa shape index (κ1) is 12.2. The van der Waals surface area contributed by atoms with Gasteiger partial charge in [-0.1, -0.05) is 18.2 Å². The molecule has 2 aromatic rings. The van der Waals surface area contributed by atoms with E-state index in [9.17, 15) is 9.90 Å². The Morgan fingerprint density at radius 1 is 1.39 bits per heavy atom. The van der Waals surface area contributed by atoms with Gasteiger partial charge in [-0.05, 0) is 19.1 Å². The summed E-state index contributed by atoms with van der Waals surface area (Å²) in [5.74, 6) is -0.921. The number of aliphatic carboxylic acids is 1. The number of aromatic nitrogens is 2. The minimum Gasteiger partial charge on any atom is -0.479 e. The third-order valence-corrected chi connectivity index (χ3v) is 2.69. The van der Waals surface area contributed by atoms with Gasteiger partial charge >= 0.3 is 5.97 Å². The molecule has 0 aliphatic rings. The molecule has 0 aliphatic heterocycles. The Hall–Kier alpha value is -2.30. The predicted molar refractivity (Wildman–Crippen MR) is 68.4 cm³/mol. The molecule has 1 atom stereocenters. The van der Waals surface area contributed by atoms with Crippen LogP contribution in [0.15, 0.2) is 36.5 Å². The van der Waals surface area contributed by atoms with Crippen LogP contribution in [0.25, 0.3) is 0 Å². The molecule has 5 nitrogen and oxygen atoms in total. The first-order chi connectivity index (χ1) is 8.58. The van der Waals surface area contributed by atoms with E-state index in [1.165, 1.54) is 0 Å². The summed E-state index contributed by atoms with van der Waals surface area (Å²) >= 11 is 0. The Kier molecular flexibility index (Phi) is 3.32. The Bertz CT molecular complexity index is 549. The number of anilines is 1. The molecule has 0 bridgehead atoms. The standard InChI is InChI=1S/C13H15N3O2/c1-9-11(8-16(2)15-9)12(13(17)18)14-10-6-4-3-5-7-10/h3-8,12,14H,1-2H3,(H,17,18). The van der Waals surface area contributed by atoms with Crippen LogP contribution in [0.5, 0.6) is 0 Å². The lowest BCUT2D eigenvalue weighted by Crippen LogP contribution is -2.20. The molecule has 1 heterocycles. The zero-order valence-corrected chi connectivity index (χ0v) is 10.3. The highest BCUT2D eigenvalue weighted by Gasteiger charge is 2.23. The summed E-state index contributed by atoms with van der Waals surface area (Å²) in [5, 5.41) is 16.5. The monoisotopic (exact) mass is 245 g/mol. The fourth-order valence-electron chi connectivity index (χ4n) is 1.87. The molecule has 2 N–H and O–H groups in total. The summed E-state index contributed by atoms with van der Waals surface area (Å²) in [6.07, 6.45) is 1.73. The van der Waals surface area contributed by atoms with Crippen LogP contribution >= 0.6 is 0 Å². The van der Waals surface area contributed by atoms with Crippen LogP contribution in [0.4, 0.5) is 5.69 Å². The van der Waals surface area contributed by atoms with Crippen molar-refractivity contribution in [1.29, 1.82) is 0 Å². The highest BCUT2D eigenvalue weighted by atomic mass is 16.4. The van der Waals surface area contributed by atoms with Crippen LogP contribution in [-0.4, -0.2) is 20.9 Å². The zero-order chi connectivity index (χ0) is 13.1. The van der Waals surface area contributed by atoms with Gasteiger partial charge in [0.2, 0.25) is 0 Å². The van der Waals surface area contributed by atoms with Crippen molar-refractivity contribution in [2.24, 2.45) is 7.05 Å². The van der Waals surface area contributed by atoms with E-state index in [4.69, 9.17) is 0 Å². The number of aryl methyl sites for hydroxylation is 2. The van der Waals surface area contributed by atoms with Crippen LogP contribution in [0.2, 0.25) is 0 Å². The third-order valence-electron chi connectivity index (χ3n) is 2.69. The highest BCUT2D eigenvalue weighted by molar-refractivity contribution is 5.79. The largest absolute Gasteiger partial charge is 0.479 e. The third kappa shape index (κ3) is 2.51. The number of hydrogen-bond acceptors (Lipinski definition) is 3. The quantitative estimate of drug-likeness (QED) is 0.864. The van der Waals surface area contributed by atoms with E-state index in [2.05, 4.69) is 10.4 Å². The summed E-state index contributed by atoms with van der Waals surface area (Å²) in [6, 6.07) is 8.48. The Labute approximate surface area is 105 Å². The maximum Gasteiger partial charge on any atom is 0.330 e. The van der Waals surface area contributed by atoms with Gasteiger partial charge in [0.15, 0.2) is 6.04 Å². The fraction of sp³-hybridized carbons (Fsp3) is 0.231. The molecule has 0 saturated carbocycles. The molecule has 1 unspecified atom stereocenters. The van der Waals surface area contributed by atoms with Crippen molar-refractivity contribution >= 4 is 11.7 Å². The SMILES string of the molecule is Cc1nn(C)cc1C(Nc1ccccc1)C(=O)O. The second-order valence-corrected chi connectivity index (χ2v) is 4.13. The van der Waals surface area contributed by atoms with Gasteiger partial charge in [-0.2, -0.15) is 5.10 Å². The van der Waals surface area contributed by atoms with Crippen LogP contribution in [-0.2, 0) is 11.8 Å². The summed E-state index contributed by atoms with van der Waals surface area (Å²) in [6.45, 7) is 1.80. The number of carboxylic acid groups (broad SMARTS) is 1. The van der Waals surface area contributed by atoms with E-state index in [0.717, 1.165) is 5.69 Å². The number of para-hydroxylation sites is 1. The van der Waals surface area contributed by atoms with E-state index in [1.807, 2.05) is 30.3 Å². The Morgan fingerprint density at radius 2 is 2.06 bits per heavy atom. The highest BCUT2D eigenvalue weighted by Crippen LogP contribution is 2.21. The van der Waals surface area contributed by atoms with E-state index < -0.39 is 12.0 Å². The molecule has 0 radical (unpaired) electrons. The molecule has 0 spiro atoms. The second-order valence-electron chi connectivity index (χ2n) is 4.13. The van der Waals surface area contributed by atoms with Crippen LogP contribution in [0.1, 0.15) is 17.3 Å². The zero-order valence-electron chi connectivity index (χ0n) is 10.3. The summed E-state index contributed by atoms with van der Waals surface area (Å²) in [5.41, 5.74) is 2.16. The average Bonchev–Trinajstić information content (AvgIpc) is 2.66. The van der Waals surface area contributed by atoms with E-state index >= 15 is 0 Å². The van der Waals surface area contributed by atoms with Gasteiger partial charge in [0, 0.05) is 24.5 Å². The van der Waals surface area contributed by atoms with Gasteiger partial charge in [0.25, 0.3) is 0 Å². The Balaban J connectivity index is 2.30. The first-order valence-corrected chi connectivity index (χ1v) is 5.62. The van der Waals surface area contributed by atoms with Crippen molar-refractivity contribution in [1.82, 2.24) is 9.78 Å². The van der Waals surface area contributed by atoms with Gasteiger partial charge in [-0.25, -0.2) is 4.79 Å². The maximum atomic E-state index is 11.4. The summed E-state index contributed by atoms with van der Waals surface area (Å²) < 4.78 is 1.62. The number of rotatable bonds is 4. The van der Waals surface area contributed by atoms with Crippen molar-refractivity contribution in [3.05, 3.63) is 47.8 Å². The maximum absolute atomic E-state index is 11.4. The lowest BCUT2D eigenvalue weighted by atomic mass is 10.1. The molecule has 94 valence electrons. The van der Waals surface area contributed by atoms with Crippen molar-refractivity contribution < 1.29 is 9.90 Å². The number of benzene rings is 1. The lowest BCUT2D eigenvalue weighted by Gasteiger charge is -2.15. The molecule has 18 heavy (non-hydrogen) atoms. The predicted octanol–water partition coefficient (Wildman–Crippen LogP) is 1.97. The number of carboxylic acids is 1. The lowest BCUT2D eigenvalue weighted by molar-refractivity contribution is -0.138. The topological polar surface area (TPSA) is 67.2 Å². The molecule has 0 saturated heterocycles. The summed E-state index contributed by atoms with van der Waals surface area (Å²) in [4.78, 5) is 11.4. The van der Waals surface area contributed by atoms with Gasteiger partial charge in [0.1, 0.15) is 0 Å². The van der Waals surface area contributed by atoms with Crippen molar-refractivity contribution in [2.45, 2.75) is 13.0 Å². The molecule has 0 fully saturated rings. The number of nitrogens with zero attached hydrogens (tertiary/aromatic N) is 2. The molecular formula is C13H15N3O2. The number of hydrogen-bond donors (Lipinski definition) is 2. The van der Waals surface area contributed by atoms with E-state index in [-0.39, 0.29) is 0 Å². The minimum atomic E-state index is -0.921. The van der Waals surface area contributed by atoms with E-state index in [1.54, 1.807) is 24.9 Å². The smallest absolute Gasteiger partial charge is 0.330 e. The second kappa shape index (κ2) is 4.91. The van der Waals surface area contributed by atoms with Gasteiger partial charge < -0.3 is 10.4 Å². The van der Waals surface area contributed by atoms with Crippen molar-refractivity contribution in [3.63, 3.8) is 0 Å². The average molecular weight is 245 g/mol. The Morgan fingerprint density at radius 3 is 2.56 bits per heavy atom. The molecular weight excluding hydrogens is 230 g/mol. The van der Waals surface area contributed by atoms with Crippen LogP contribution < -0.4 is 5.32 Å². The van der Waals surface area contributed by atoms with Crippen molar-refractivity contribution in [3.8, 4) is 0 Å². The van der Waals surface area contributed by atoms with Crippen LogP contribution in [0, 0.1) is 6.92 Å². The van der Waals surface area contributed by atoms with Gasteiger partial charge in [-0.15, -0.1) is 0 Å². The van der Waals surface area contributed by atoms with Gasteiger partial charge in [0.05, 0.1) is 5.69 Å². The first-order valence-electron chi connectivity index (χ1n) is 5.62. The molecule has 0 amide bonds. The minimum absolute atomic E-state index is 0.675. The van der Waals surface area contributed by atoms with E-state index in [0.29, 0.717) is 11.3 Å². The number of carbonyl (C=O) groups is 1. The van der Waals surface area contributed by atoms with Gasteiger partial charge in [-0.3, -0.25) is 4.68 Å². The molecule has 1 aromatic carbocycles. The fourth-order valence-corrected chi connectivity index (χ4v) is 1.87.